The van der Waals surface area contributed by atoms with Crippen LogP contribution in [0.15, 0.2) is 36.4 Å². The van der Waals surface area contributed by atoms with Gasteiger partial charge in [-0.25, -0.2) is 8.78 Å². The van der Waals surface area contributed by atoms with E-state index in [2.05, 4.69) is 0 Å². The number of halogens is 2. The van der Waals surface area contributed by atoms with E-state index >= 15 is 0 Å². The van der Waals surface area contributed by atoms with Gasteiger partial charge in [-0.05, 0) is 29.8 Å². The van der Waals surface area contributed by atoms with Gasteiger partial charge in [0.2, 0.25) is 0 Å². The molecule has 0 saturated heterocycles. The lowest BCUT2D eigenvalue weighted by molar-refractivity contribution is 0.414. The average Bonchev–Trinajstić information content (AvgIpc) is 2.77. The van der Waals surface area contributed by atoms with E-state index in [0.717, 1.165) is 5.56 Å². The Kier molecular flexibility index (Phi) is 2.89. The number of amidine groups is 1. The molecule has 0 aliphatic carbocycles. The third-order valence-electron chi connectivity index (χ3n) is 3.37. The molecular formula is C15H12F2N2O. The number of hydrogen-bond acceptors (Lipinski definition) is 2. The molecule has 5 heteroatoms. The van der Waals surface area contributed by atoms with E-state index in [1.54, 1.807) is 6.07 Å². The summed E-state index contributed by atoms with van der Waals surface area (Å²) in [5.74, 6) is -0.242. The van der Waals surface area contributed by atoms with Gasteiger partial charge in [0.05, 0.1) is 19.3 Å². The van der Waals surface area contributed by atoms with Crippen molar-refractivity contribution >= 4 is 11.5 Å². The lowest BCUT2D eigenvalue weighted by Crippen LogP contribution is -2.24. The minimum absolute atomic E-state index is 0.0895. The lowest BCUT2D eigenvalue weighted by atomic mass is 10.1. The van der Waals surface area contributed by atoms with Gasteiger partial charge in [0.1, 0.15) is 23.2 Å². The molecule has 0 fully saturated rings. The minimum atomic E-state index is -0.441. The number of benzene rings is 2. The molecule has 2 aromatic rings. The zero-order chi connectivity index (χ0) is 14.3. The molecule has 0 aromatic heterocycles. The monoisotopic (exact) mass is 274 g/mol. The second kappa shape index (κ2) is 4.59. The van der Waals surface area contributed by atoms with Crippen molar-refractivity contribution < 1.29 is 13.5 Å². The molecule has 3 rings (SSSR count). The fourth-order valence-electron chi connectivity index (χ4n) is 2.33. The van der Waals surface area contributed by atoms with Crippen LogP contribution in [0.2, 0.25) is 0 Å². The van der Waals surface area contributed by atoms with E-state index in [-0.39, 0.29) is 11.5 Å². The maximum absolute atomic E-state index is 14.0. The van der Waals surface area contributed by atoms with Crippen molar-refractivity contribution in [2.75, 3.05) is 12.0 Å². The number of nitrogens with zero attached hydrogens (tertiary/aromatic N) is 1. The molecule has 102 valence electrons. The SMILES string of the molecule is COc1ccc(F)c(N2Cc3ccc(F)cc3C2=N)c1. The summed E-state index contributed by atoms with van der Waals surface area (Å²) in [6.45, 7) is 0.346. The van der Waals surface area contributed by atoms with Crippen LogP contribution in [0.3, 0.4) is 0 Å². The van der Waals surface area contributed by atoms with Crippen LogP contribution in [0.1, 0.15) is 11.1 Å². The summed E-state index contributed by atoms with van der Waals surface area (Å²) in [6.07, 6.45) is 0. The Morgan fingerprint density at radius 1 is 1.15 bits per heavy atom. The fourth-order valence-corrected chi connectivity index (χ4v) is 2.33. The first kappa shape index (κ1) is 12.6. The normalized spacial score (nSPS) is 13.6. The molecule has 0 unspecified atom stereocenters. The van der Waals surface area contributed by atoms with Gasteiger partial charge >= 0.3 is 0 Å². The molecule has 0 amide bonds. The van der Waals surface area contributed by atoms with Gasteiger partial charge < -0.3 is 9.64 Å². The Balaban J connectivity index is 2.04. The van der Waals surface area contributed by atoms with E-state index in [0.29, 0.717) is 17.9 Å². The Morgan fingerprint density at radius 2 is 1.95 bits per heavy atom. The van der Waals surface area contributed by atoms with Crippen LogP contribution in [0, 0.1) is 17.0 Å². The Hall–Kier alpha value is -2.43. The first-order valence-electron chi connectivity index (χ1n) is 6.08. The fraction of sp³-hybridized carbons (Fsp3) is 0.133. The summed E-state index contributed by atoms with van der Waals surface area (Å²) in [7, 11) is 1.50. The molecule has 2 aromatic carbocycles. The predicted octanol–water partition coefficient (Wildman–Crippen LogP) is 3.32. The van der Waals surface area contributed by atoms with E-state index < -0.39 is 11.6 Å². The van der Waals surface area contributed by atoms with E-state index in [9.17, 15) is 8.78 Å². The quantitative estimate of drug-likeness (QED) is 0.912. The first-order chi connectivity index (χ1) is 9.60. The summed E-state index contributed by atoms with van der Waals surface area (Å²) in [5, 5.41) is 8.10. The zero-order valence-corrected chi connectivity index (χ0v) is 10.8. The molecule has 1 N–H and O–H groups in total. The number of rotatable bonds is 2. The van der Waals surface area contributed by atoms with Gasteiger partial charge in [-0.1, -0.05) is 6.07 Å². The Bertz CT molecular complexity index is 700. The Labute approximate surface area is 114 Å². The Morgan fingerprint density at radius 3 is 2.70 bits per heavy atom. The van der Waals surface area contributed by atoms with Crippen LogP contribution < -0.4 is 9.64 Å². The average molecular weight is 274 g/mol. The van der Waals surface area contributed by atoms with Gasteiger partial charge in [0, 0.05) is 11.6 Å². The third-order valence-corrected chi connectivity index (χ3v) is 3.37. The van der Waals surface area contributed by atoms with Gasteiger partial charge in [0.15, 0.2) is 0 Å². The highest BCUT2D eigenvalue weighted by atomic mass is 19.1. The van der Waals surface area contributed by atoms with Crippen LogP contribution in [-0.2, 0) is 6.54 Å². The maximum atomic E-state index is 14.0. The number of methoxy groups -OCH3 is 1. The minimum Gasteiger partial charge on any atom is -0.497 e. The van der Waals surface area contributed by atoms with Gasteiger partial charge in [0.25, 0.3) is 0 Å². The van der Waals surface area contributed by atoms with Gasteiger partial charge in [-0.15, -0.1) is 0 Å². The van der Waals surface area contributed by atoms with E-state index in [1.165, 1.54) is 42.3 Å². The number of fused-ring (bicyclic) bond motifs is 1. The van der Waals surface area contributed by atoms with Crippen LogP contribution in [0.5, 0.6) is 5.75 Å². The molecule has 0 saturated carbocycles. The van der Waals surface area contributed by atoms with Crippen LogP contribution in [0.4, 0.5) is 14.5 Å². The van der Waals surface area contributed by atoms with Crippen molar-refractivity contribution in [1.82, 2.24) is 0 Å². The third kappa shape index (κ3) is 1.91. The zero-order valence-electron chi connectivity index (χ0n) is 10.8. The van der Waals surface area contributed by atoms with Crippen LogP contribution in [0.25, 0.3) is 0 Å². The smallest absolute Gasteiger partial charge is 0.147 e. The van der Waals surface area contributed by atoms with Crippen LogP contribution in [-0.4, -0.2) is 12.9 Å². The van der Waals surface area contributed by atoms with E-state index in [1.807, 2.05) is 0 Å². The summed E-state index contributed by atoms with van der Waals surface area (Å²) >= 11 is 0. The number of anilines is 1. The molecule has 0 radical (unpaired) electrons. The molecule has 0 spiro atoms. The predicted molar refractivity (Wildman–Crippen MR) is 72.4 cm³/mol. The topological polar surface area (TPSA) is 36.3 Å². The van der Waals surface area contributed by atoms with Crippen molar-refractivity contribution in [3.05, 3.63) is 59.2 Å². The highest BCUT2D eigenvalue weighted by Gasteiger charge is 2.27. The lowest BCUT2D eigenvalue weighted by Gasteiger charge is -2.19. The first-order valence-corrected chi connectivity index (χ1v) is 6.08. The highest BCUT2D eigenvalue weighted by Crippen LogP contribution is 2.32. The largest absolute Gasteiger partial charge is 0.497 e. The number of ether oxygens (including phenoxy) is 1. The van der Waals surface area contributed by atoms with E-state index in [4.69, 9.17) is 10.1 Å². The molecule has 0 bridgehead atoms. The standard InChI is InChI=1S/C15H12F2N2O/c1-20-11-4-5-13(17)14(7-11)19-8-9-2-3-10(16)6-12(9)15(19)18/h2-7,18H,8H2,1H3. The molecule has 0 atom stereocenters. The second-order valence-corrected chi connectivity index (χ2v) is 4.55. The highest BCUT2D eigenvalue weighted by molar-refractivity contribution is 6.11. The second-order valence-electron chi connectivity index (χ2n) is 4.55. The van der Waals surface area contributed by atoms with Crippen molar-refractivity contribution in [2.45, 2.75) is 6.54 Å². The number of nitrogens with one attached hydrogen (secondary N) is 1. The molecule has 1 heterocycles. The van der Waals surface area contributed by atoms with Crippen molar-refractivity contribution in [3.63, 3.8) is 0 Å². The van der Waals surface area contributed by atoms with Crippen molar-refractivity contribution in [1.29, 1.82) is 5.41 Å². The molecular weight excluding hydrogens is 262 g/mol. The van der Waals surface area contributed by atoms with Gasteiger partial charge in [-0.2, -0.15) is 0 Å². The number of hydrogen-bond donors (Lipinski definition) is 1. The summed E-state index contributed by atoms with van der Waals surface area (Å²) in [5.41, 5.74) is 1.55. The maximum Gasteiger partial charge on any atom is 0.147 e. The molecule has 1 aliphatic heterocycles. The van der Waals surface area contributed by atoms with Crippen LogP contribution >= 0.6 is 0 Å². The molecule has 20 heavy (non-hydrogen) atoms. The summed E-state index contributed by atoms with van der Waals surface area (Å²) in [6, 6.07) is 8.62. The summed E-state index contributed by atoms with van der Waals surface area (Å²) < 4.78 is 32.3. The molecule has 3 nitrogen and oxygen atoms in total. The molecule has 1 aliphatic rings. The van der Waals surface area contributed by atoms with Crippen molar-refractivity contribution in [2.24, 2.45) is 0 Å². The van der Waals surface area contributed by atoms with Crippen molar-refractivity contribution in [3.8, 4) is 5.75 Å². The summed E-state index contributed by atoms with van der Waals surface area (Å²) in [4.78, 5) is 1.50. The van der Waals surface area contributed by atoms with Gasteiger partial charge in [-0.3, -0.25) is 5.41 Å².